The van der Waals surface area contributed by atoms with Gasteiger partial charge in [-0.1, -0.05) is 0 Å². The highest BCUT2D eigenvalue weighted by molar-refractivity contribution is 8.14. The highest BCUT2D eigenvalue weighted by atomic mass is 32.5. The van der Waals surface area contributed by atoms with Crippen molar-refractivity contribution in [3.8, 4) is 0 Å². The Hall–Kier alpha value is -0.670. The Morgan fingerprint density at radius 3 is 2.56 bits per heavy atom. The summed E-state index contributed by atoms with van der Waals surface area (Å²) >= 11 is 8.82. The van der Waals surface area contributed by atoms with Crippen LogP contribution in [0.5, 0.6) is 0 Å². The van der Waals surface area contributed by atoms with Gasteiger partial charge in [0.2, 0.25) is 0 Å². The van der Waals surface area contributed by atoms with E-state index in [0.29, 0.717) is 5.52 Å². The van der Waals surface area contributed by atoms with Crippen LogP contribution in [0.4, 0.5) is 5.82 Å². The second-order valence-electron chi connectivity index (χ2n) is 5.47. The number of aromatic nitrogens is 4. The van der Waals surface area contributed by atoms with Crippen molar-refractivity contribution in [3.05, 3.63) is 12.7 Å². The van der Waals surface area contributed by atoms with Gasteiger partial charge < -0.3 is 39.9 Å². The first-order valence-corrected chi connectivity index (χ1v) is 12.4. The molecule has 13 nitrogen and oxygen atoms in total. The fourth-order valence-electron chi connectivity index (χ4n) is 2.48. The van der Waals surface area contributed by atoms with E-state index in [9.17, 15) is 15.1 Å². The summed E-state index contributed by atoms with van der Waals surface area (Å²) in [5, 5.41) is 20.5. The lowest BCUT2D eigenvalue weighted by atomic mass is 10.1. The Morgan fingerprint density at radius 2 is 1.89 bits per heavy atom. The van der Waals surface area contributed by atoms with Gasteiger partial charge in [0, 0.05) is 0 Å². The molecule has 0 aromatic carbocycles. The number of imidazole rings is 1. The van der Waals surface area contributed by atoms with E-state index >= 15 is 0 Å². The number of nitrogens with zero attached hydrogens (tertiary/aromatic N) is 4. The number of aliphatic hydroxyl groups is 2. The molecule has 3 heterocycles. The standard InChI is InChI=1S/C10H15N5O8P2S2/c11-8-5-9(13-2-12-8)15(3-14-5)10-7(17)6(16)4(22-10)1-21-25(20,27)23-24(18,19)26/h2-4,6-7,10,16-17H,1H2,(H,20,27)(H2,11,12,13)(H2,18,19,26)/t4-,6-,7-,10-,25?/m1/s1. The zero-order valence-electron chi connectivity index (χ0n) is 13.2. The summed E-state index contributed by atoms with van der Waals surface area (Å²) in [4.78, 5) is 39.8. The number of fused-ring (bicyclic) bond motifs is 1. The van der Waals surface area contributed by atoms with E-state index in [0.717, 1.165) is 0 Å². The molecule has 1 aliphatic heterocycles. The predicted octanol–water partition coefficient (Wildman–Crippen LogP) is -1.51. The van der Waals surface area contributed by atoms with Crippen molar-refractivity contribution in [1.82, 2.24) is 19.5 Å². The lowest BCUT2D eigenvalue weighted by Gasteiger charge is -2.21. The molecule has 7 N–H and O–H groups in total. The highest BCUT2D eigenvalue weighted by Crippen LogP contribution is 2.58. The molecule has 2 aromatic heterocycles. The van der Waals surface area contributed by atoms with Gasteiger partial charge >= 0.3 is 13.4 Å². The molecule has 2 aromatic rings. The zero-order valence-corrected chi connectivity index (χ0v) is 16.6. The van der Waals surface area contributed by atoms with Gasteiger partial charge in [0.05, 0.1) is 12.9 Å². The maximum atomic E-state index is 10.3. The summed E-state index contributed by atoms with van der Waals surface area (Å²) in [7, 11) is 0. The van der Waals surface area contributed by atoms with Gasteiger partial charge in [-0.2, -0.15) is 0 Å². The lowest BCUT2D eigenvalue weighted by molar-refractivity contribution is -0.0485. The number of aliphatic hydroxyl groups excluding tert-OH is 2. The SMILES string of the molecule is Nc1ncnc2c1ncn2[C@@H]1O[C@H](COP(O)(=S)OP(O)(O)=S)[C@@H](O)[C@H]1O. The fourth-order valence-corrected chi connectivity index (χ4v) is 6.29. The third kappa shape index (κ3) is 4.67. The zero-order chi connectivity index (χ0) is 20.0. The fraction of sp³-hybridized carbons (Fsp3) is 0.500. The molecule has 17 heteroatoms. The van der Waals surface area contributed by atoms with Crippen molar-refractivity contribution in [3.63, 3.8) is 0 Å². The molecule has 0 radical (unpaired) electrons. The van der Waals surface area contributed by atoms with Crippen molar-refractivity contribution in [2.45, 2.75) is 24.5 Å². The topological polar surface area (TPSA) is 198 Å². The number of hydrogen-bond acceptors (Lipinski definition) is 11. The molecule has 1 aliphatic rings. The molecule has 0 saturated carbocycles. The van der Waals surface area contributed by atoms with Gasteiger partial charge in [-0.3, -0.25) is 4.57 Å². The Balaban J connectivity index is 1.75. The van der Waals surface area contributed by atoms with E-state index in [1.807, 2.05) is 0 Å². The van der Waals surface area contributed by atoms with Gasteiger partial charge in [0.25, 0.3) is 0 Å². The summed E-state index contributed by atoms with van der Waals surface area (Å²) in [6.45, 7) is -8.85. The van der Waals surface area contributed by atoms with Crippen molar-refractivity contribution in [2.24, 2.45) is 0 Å². The third-order valence-electron chi connectivity index (χ3n) is 3.61. The summed E-state index contributed by atoms with van der Waals surface area (Å²) in [6.07, 6.45) is -2.52. The van der Waals surface area contributed by atoms with Crippen LogP contribution in [0.15, 0.2) is 12.7 Å². The van der Waals surface area contributed by atoms with Gasteiger partial charge in [0.15, 0.2) is 17.7 Å². The van der Waals surface area contributed by atoms with E-state index in [2.05, 4.69) is 42.9 Å². The molecule has 0 spiro atoms. The van der Waals surface area contributed by atoms with Crippen LogP contribution in [0.3, 0.4) is 0 Å². The van der Waals surface area contributed by atoms with E-state index in [1.54, 1.807) is 0 Å². The van der Waals surface area contributed by atoms with Crippen molar-refractivity contribution in [1.29, 1.82) is 0 Å². The lowest BCUT2D eigenvalue weighted by Crippen LogP contribution is -2.33. The quantitative estimate of drug-likeness (QED) is 0.272. The van der Waals surface area contributed by atoms with E-state index in [-0.39, 0.29) is 11.5 Å². The number of nitrogen functional groups attached to an aromatic ring is 1. The minimum Gasteiger partial charge on any atom is -0.387 e. The number of anilines is 1. The minimum absolute atomic E-state index is 0.133. The average molecular weight is 459 g/mol. The molecule has 0 amide bonds. The second-order valence-corrected chi connectivity index (χ2v) is 11.1. The number of nitrogens with two attached hydrogens (primary N) is 1. The first-order valence-electron chi connectivity index (χ1n) is 7.17. The number of ether oxygens (including phenoxy) is 1. The van der Waals surface area contributed by atoms with Crippen LogP contribution < -0.4 is 5.73 Å². The molecular weight excluding hydrogens is 444 g/mol. The summed E-state index contributed by atoms with van der Waals surface area (Å²) < 4.78 is 16.2. The van der Waals surface area contributed by atoms with Crippen molar-refractivity contribution >= 4 is 54.0 Å². The molecule has 5 atom stereocenters. The molecular formula is C10H15N5O8P2S2. The predicted molar refractivity (Wildman–Crippen MR) is 97.9 cm³/mol. The van der Waals surface area contributed by atoms with Crippen LogP contribution >= 0.6 is 13.4 Å². The number of hydrogen-bond donors (Lipinski definition) is 6. The first-order chi connectivity index (χ1) is 12.5. The van der Waals surface area contributed by atoms with Crippen LogP contribution in [-0.2, 0) is 37.2 Å². The van der Waals surface area contributed by atoms with Crippen LogP contribution in [0, 0.1) is 0 Å². The number of rotatable bonds is 6. The van der Waals surface area contributed by atoms with Gasteiger partial charge in [-0.15, -0.1) is 0 Å². The van der Waals surface area contributed by atoms with E-state index in [4.69, 9.17) is 24.8 Å². The second kappa shape index (κ2) is 7.63. The average Bonchev–Trinajstić information content (AvgIpc) is 3.07. The van der Waals surface area contributed by atoms with Gasteiger partial charge in [0.1, 0.15) is 30.2 Å². The largest absolute Gasteiger partial charge is 0.387 e. The molecule has 1 saturated heterocycles. The normalized spacial score (nSPS) is 28.5. The molecule has 0 aliphatic carbocycles. The third-order valence-corrected chi connectivity index (χ3v) is 7.28. The van der Waals surface area contributed by atoms with Crippen LogP contribution in [0.25, 0.3) is 11.2 Å². The van der Waals surface area contributed by atoms with Crippen LogP contribution in [-0.4, -0.2) is 69.3 Å². The molecule has 27 heavy (non-hydrogen) atoms. The molecule has 3 rings (SSSR count). The smallest absolute Gasteiger partial charge is 0.331 e. The van der Waals surface area contributed by atoms with Gasteiger partial charge in [-0.05, 0) is 23.6 Å². The van der Waals surface area contributed by atoms with Crippen molar-refractivity contribution < 1.29 is 38.5 Å². The Bertz CT molecular complexity index is 939. The van der Waals surface area contributed by atoms with Crippen LogP contribution in [0.2, 0.25) is 0 Å². The Morgan fingerprint density at radius 1 is 1.19 bits per heavy atom. The van der Waals surface area contributed by atoms with Crippen LogP contribution in [0.1, 0.15) is 6.23 Å². The minimum atomic E-state index is -4.25. The maximum absolute atomic E-state index is 10.3. The molecule has 1 fully saturated rings. The highest BCUT2D eigenvalue weighted by Gasteiger charge is 2.45. The van der Waals surface area contributed by atoms with E-state index in [1.165, 1.54) is 17.2 Å². The monoisotopic (exact) mass is 459 g/mol. The summed E-state index contributed by atoms with van der Waals surface area (Å²) in [5.74, 6) is 0.133. The van der Waals surface area contributed by atoms with E-state index < -0.39 is 44.6 Å². The Kier molecular flexibility index (Phi) is 5.95. The molecule has 150 valence electrons. The molecule has 0 bridgehead atoms. The summed E-state index contributed by atoms with van der Waals surface area (Å²) in [5.41, 5.74) is 6.27. The summed E-state index contributed by atoms with van der Waals surface area (Å²) in [6, 6.07) is 0. The Labute approximate surface area is 161 Å². The van der Waals surface area contributed by atoms with Gasteiger partial charge in [-0.25, -0.2) is 19.3 Å². The maximum Gasteiger partial charge on any atom is 0.331 e. The van der Waals surface area contributed by atoms with Crippen molar-refractivity contribution in [2.75, 3.05) is 12.3 Å². The first kappa shape index (κ1) is 21.0. The molecule has 1 unspecified atom stereocenters.